The lowest BCUT2D eigenvalue weighted by Crippen LogP contribution is -2.47. The lowest BCUT2D eigenvalue weighted by molar-refractivity contribution is -0.139. The van der Waals surface area contributed by atoms with Crippen molar-refractivity contribution in [3.63, 3.8) is 0 Å². The number of esters is 1. The minimum Gasteiger partial charge on any atom is -0.463 e. The van der Waals surface area contributed by atoms with Gasteiger partial charge in [0.15, 0.2) is 0 Å². The van der Waals surface area contributed by atoms with Gasteiger partial charge in [0.2, 0.25) is 0 Å². The minimum atomic E-state index is -0.578. The number of nitriles is 1. The van der Waals surface area contributed by atoms with Gasteiger partial charge in [-0.15, -0.1) is 0 Å². The summed E-state index contributed by atoms with van der Waals surface area (Å²) < 4.78 is 5.17. The smallest absolute Gasteiger partial charge is 0.338 e. The van der Waals surface area contributed by atoms with E-state index >= 15 is 0 Å². The van der Waals surface area contributed by atoms with Crippen LogP contribution in [0.1, 0.15) is 31.0 Å². The Hall–Kier alpha value is -2.81. The van der Waals surface area contributed by atoms with Crippen LogP contribution in [0.5, 0.6) is 0 Å². The molecule has 1 atom stereocenters. The second-order valence-electron chi connectivity index (χ2n) is 5.31. The maximum atomic E-state index is 12.4. The van der Waals surface area contributed by atoms with Crippen molar-refractivity contribution >= 4 is 12.0 Å². The maximum absolute atomic E-state index is 12.4. The van der Waals surface area contributed by atoms with Gasteiger partial charge in [-0.1, -0.05) is 12.1 Å². The average Bonchev–Trinajstić information content (AvgIpc) is 2.56. The molecule has 2 rings (SSSR count). The third kappa shape index (κ3) is 2.90. The number of amides is 2. The lowest BCUT2D eigenvalue weighted by atomic mass is 9.93. The number of rotatable bonds is 3. The molecule has 1 unspecified atom stereocenters. The van der Waals surface area contributed by atoms with Crippen molar-refractivity contribution in [3.8, 4) is 6.07 Å². The normalized spacial score (nSPS) is 18.0. The van der Waals surface area contributed by atoms with Crippen LogP contribution in [-0.2, 0) is 9.53 Å². The molecule has 0 radical (unpaired) electrons. The fourth-order valence-corrected chi connectivity index (χ4v) is 2.70. The molecule has 0 bridgehead atoms. The summed E-state index contributed by atoms with van der Waals surface area (Å²) in [5, 5.41) is 9.09. The Balaban J connectivity index is 2.62. The molecule has 1 aliphatic heterocycles. The van der Waals surface area contributed by atoms with Crippen LogP contribution in [0.25, 0.3) is 0 Å². The first kappa shape index (κ1) is 16.6. The van der Waals surface area contributed by atoms with Gasteiger partial charge in [-0.3, -0.25) is 0 Å². The zero-order valence-corrected chi connectivity index (χ0v) is 13.7. The topological polar surface area (TPSA) is 73.6 Å². The van der Waals surface area contributed by atoms with Gasteiger partial charge in [-0.25, -0.2) is 9.59 Å². The van der Waals surface area contributed by atoms with E-state index in [9.17, 15) is 9.59 Å². The molecule has 0 aliphatic carbocycles. The molecule has 0 fully saturated rings. The van der Waals surface area contributed by atoms with Crippen LogP contribution in [-0.4, -0.2) is 42.5 Å². The van der Waals surface area contributed by atoms with Crippen LogP contribution in [0.15, 0.2) is 35.5 Å². The van der Waals surface area contributed by atoms with Crippen LogP contribution >= 0.6 is 0 Å². The standard InChI is InChI=1S/C17H19N3O3/c1-5-23-16(21)14-11(2)19(3)17(22)20(4)15(14)13-8-6-7-12(9-13)10-18/h6-9,15H,5H2,1-4H3. The van der Waals surface area contributed by atoms with Gasteiger partial charge >= 0.3 is 12.0 Å². The van der Waals surface area contributed by atoms with Gasteiger partial charge in [0, 0.05) is 19.8 Å². The quantitative estimate of drug-likeness (QED) is 0.803. The van der Waals surface area contributed by atoms with E-state index in [0.717, 1.165) is 0 Å². The summed E-state index contributed by atoms with van der Waals surface area (Å²) >= 11 is 0. The molecule has 6 heteroatoms. The molecular formula is C17H19N3O3. The van der Waals surface area contributed by atoms with E-state index in [1.807, 2.05) is 0 Å². The molecule has 0 aromatic heterocycles. The Morgan fingerprint density at radius 3 is 2.70 bits per heavy atom. The van der Waals surface area contributed by atoms with Crippen LogP contribution in [0.2, 0.25) is 0 Å². The molecule has 0 spiro atoms. The lowest BCUT2D eigenvalue weighted by Gasteiger charge is -2.39. The van der Waals surface area contributed by atoms with Crippen molar-refractivity contribution in [3.05, 3.63) is 46.7 Å². The highest BCUT2D eigenvalue weighted by atomic mass is 16.5. The average molecular weight is 313 g/mol. The first-order valence-corrected chi connectivity index (χ1v) is 7.30. The van der Waals surface area contributed by atoms with Gasteiger partial charge in [-0.05, 0) is 31.5 Å². The SMILES string of the molecule is CCOC(=O)C1=C(C)N(C)C(=O)N(C)C1c1cccc(C#N)c1. The Kier molecular flexibility index (Phi) is 4.70. The number of likely N-dealkylation sites (N-methyl/N-ethyl adjacent to an activating group) is 1. The van der Waals surface area contributed by atoms with Crippen LogP contribution < -0.4 is 0 Å². The first-order chi connectivity index (χ1) is 10.9. The Labute approximate surface area is 135 Å². The predicted molar refractivity (Wildman–Crippen MR) is 84.2 cm³/mol. The third-order valence-corrected chi connectivity index (χ3v) is 3.97. The number of allylic oxidation sites excluding steroid dienone is 1. The highest BCUT2D eigenvalue weighted by Gasteiger charge is 2.39. The molecule has 2 amide bonds. The third-order valence-electron chi connectivity index (χ3n) is 3.97. The number of nitrogens with zero attached hydrogens (tertiary/aromatic N) is 3. The zero-order valence-electron chi connectivity index (χ0n) is 13.7. The minimum absolute atomic E-state index is 0.220. The van der Waals surface area contributed by atoms with E-state index in [1.165, 1.54) is 9.80 Å². The molecular weight excluding hydrogens is 294 g/mol. The number of urea groups is 1. The second kappa shape index (κ2) is 6.53. The van der Waals surface area contributed by atoms with Crippen molar-refractivity contribution in [2.24, 2.45) is 0 Å². The number of benzene rings is 1. The highest BCUT2D eigenvalue weighted by Crippen LogP contribution is 2.36. The molecule has 23 heavy (non-hydrogen) atoms. The van der Waals surface area contributed by atoms with Crippen molar-refractivity contribution in [1.82, 2.24) is 9.80 Å². The van der Waals surface area contributed by atoms with Crippen LogP contribution in [0, 0.1) is 11.3 Å². The Morgan fingerprint density at radius 1 is 1.39 bits per heavy atom. The molecule has 6 nitrogen and oxygen atoms in total. The van der Waals surface area contributed by atoms with E-state index in [0.29, 0.717) is 22.4 Å². The van der Waals surface area contributed by atoms with Gasteiger partial charge < -0.3 is 14.5 Å². The zero-order chi connectivity index (χ0) is 17.1. The van der Waals surface area contributed by atoms with Crippen LogP contribution in [0.4, 0.5) is 4.79 Å². The van der Waals surface area contributed by atoms with Gasteiger partial charge in [0.05, 0.1) is 29.9 Å². The van der Waals surface area contributed by atoms with Crippen molar-refractivity contribution in [2.45, 2.75) is 19.9 Å². The summed E-state index contributed by atoms with van der Waals surface area (Å²) in [6.07, 6.45) is 0. The molecule has 0 saturated heterocycles. The number of ether oxygens (including phenoxy) is 1. The maximum Gasteiger partial charge on any atom is 0.338 e. The highest BCUT2D eigenvalue weighted by molar-refractivity contribution is 5.94. The largest absolute Gasteiger partial charge is 0.463 e. The number of carbonyl (C=O) groups is 2. The Bertz CT molecular complexity index is 718. The summed E-state index contributed by atoms with van der Waals surface area (Å²) in [4.78, 5) is 27.7. The summed E-state index contributed by atoms with van der Waals surface area (Å²) in [7, 11) is 3.25. The van der Waals surface area contributed by atoms with E-state index in [-0.39, 0.29) is 12.6 Å². The molecule has 1 aromatic rings. The van der Waals surface area contributed by atoms with Gasteiger partial charge in [0.25, 0.3) is 0 Å². The van der Waals surface area contributed by atoms with Crippen molar-refractivity contribution in [2.75, 3.05) is 20.7 Å². The second-order valence-corrected chi connectivity index (χ2v) is 5.31. The summed E-state index contributed by atoms with van der Waals surface area (Å²) in [6, 6.07) is 8.18. The monoisotopic (exact) mass is 313 g/mol. The molecule has 120 valence electrons. The van der Waals surface area contributed by atoms with E-state index < -0.39 is 12.0 Å². The fourth-order valence-electron chi connectivity index (χ4n) is 2.70. The van der Waals surface area contributed by atoms with Gasteiger partial charge in [0.1, 0.15) is 0 Å². The molecule has 1 aliphatic rings. The fraction of sp³-hybridized carbons (Fsp3) is 0.353. The number of hydrogen-bond acceptors (Lipinski definition) is 4. The number of hydrogen-bond donors (Lipinski definition) is 0. The summed E-state index contributed by atoms with van der Waals surface area (Å²) in [5.41, 5.74) is 2.14. The van der Waals surface area contributed by atoms with E-state index in [2.05, 4.69) is 6.07 Å². The molecule has 1 heterocycles. The van der Waals surface area contributed by atoms with E-state index in [4.69, 9.17) is 10.00 Å². The summed E-state index contributed by atoms with van der Waals surface area (Å²) in [6.45, 7) is 3.71. The summed E-state index contributed by atoms with van der Waals surface area (Å²) in [5.74, 6) is -0.455. The first-order valence-electron chi connectivity index (χ1n) is 7.30. The number of carbonyl (C=O) groups excluding carboxylic acids is 2. The Morgan fingerprint density at radius 2 is 2.09 bits per heavy atom. The van der Waals surface area contributed by atoms with Gasteiger partial charge in [-0.2, -0.15) is 5.26 Å². The van der Waals surface area contributed by atoms with Crippen LogP contribution in [0.3, 0.4) is 0 Å². The molecule has 0 N–H and O–H groups in total. The predicted octanol–water partition coefficient (Wildman–Crippen LogP) is 2.43. The van der Waals surface area contributed by atoms with Crippen molar-refractivity contribution < 1.29 is 14.3 Å². The molecule has 1 aromatic carbocycles. The van der Waals surface area contributed by atoms with E-state index in [1.54, 1.807) is 52.2 Å². The molecule has 0 saturated carbocycles. The van der Waals surface area contributed by atoms with Crippen molar-refractivity contribution in [1.29, 1.82) is 5.26 Å².